The standard InChI is InChI=1S/C22H22N4O2/c1-2-28-17-13-11-16(12-14-17)24-22-25-18-9-6-10-19(27)20(18)21(26-22)23-15-7-4-3-5-8-15/h3-5,7-8,11-14H,2,6,9-10H2,1H3,(H2,23,24,25,26). The smallest absolute Gasteiger partial charge is 0.229 e. The van der Waals surface area contributed by atoms with Crippen molar-refractivity contribution in [2.45, 2.75) is 26.2 Å². The van der Waals surface area contributed by atoms with Crippen molar-refractivity contribution in [2.24, 2.45) is 0 Å². The molecule has 0 bridgehead atoms. The van der Waals surface area contributed by atoms with Crippen molar-refractivity contribution in [1.29, 1.82) is 0 Å². The van der Waals surface area contributed by atoms with Gasteiger partial charge in [0.1, 0.15) is 11.6 Å². The largest absolute Gasteiger partial charge is 0.494 e. The summed E-state index contributed by atoms with van der Waals surface area (Å²) in [5.41, 5.74) is 3.13. The zero-order chi connectivity index (χ0) is 19.3. The number of rotatable bonds is 6. The van der Waals surface area contributed by atoms with Gasteiger partial charge in [-0.15, -0.1) is 0 Å². The molecule has 0 unspecified atom stereocenters. The molecule has 6 heteroatoms. The van der Waals surface area contributed by atoms with Crippen LogP contribution in [0.3, 0.4) is 0 Å². The number of hydrogen-bond acceptors (Lipinski definition) is 6. The van der Waals surface area contributed by atoms with E-state index in [0.717, 1.165) is 35.7 Å². The minimum Gasteiger partial charge on any atom is -0.494 e. The molecule has 6 nitrogen and oxygen atoms in total. The summed E-state index contributed by atoms with van der Waals surface area (Å²) in [6.07, 6.45) is 2.12. The van der Waals surface area contributed by atoms with Gasteiger partial charge in [0, 0.05) is 17.8 Å². The third kappa shape index (κ3) is 3.96. The zero-order valence-electron chi connectivity index (χ0n) is 15.7. The van der Waals surface area contributed by atoms with Crippen LogP contribution in [0.5, 0.6) is 5.75 Å². The van der Waals surface area contributed by atoms with Gasteiger partial charge in [-0.3, -0.25) is 4.79 Å². The Morgan fingerprint density at radius 1 is 0.929 bits per heavy atom. The van der Waals surface area contributed by atoms with E-state index in [1.165, 1.54) is 0 Å². The maximum Gasteiger partial charge on any atom is 0.229 e. The molecule has 1 aromatic heterocycles. The molecule has 2 aromatic carbocycles. The molecular weight excluding hydrogens is 352 g/mol. The second kappa shape index (κ2) is 8.08. The molecule has 1 aliphatic carbocycles. The fraction of sp³-hybridized carbons (Fsp3) is 0.227. The Morgan fingerprint density at radius 2 is 1.68 bits per heavy atom. The number of fused-ring (bicyclic) bond motifs is 1. The number of aromatic nitrogens is 2. The van der Waals surface area contributed by atoms with Crippen LogP contribution in [0.2, 0.25) is 0 Å². The molecule has 0 fully saturated rings. The number of Topliss-reactive ketones (excluding diaryl/α,β-unsaturated/α-hetero) is 1. The van der Waals surface area contributed by atoms with Crippen molar-refractivity contribution in [2.75, 3.05) is 17.2 Å². The third-order valence-electron chi connectivity index (χ3n) is 4.54. The van der Waals surface area contributed by atoms with Gasteiger partial charge in [-0.1, -0.05) is 18.2 Å². The number of ketones is 1. The maximum absolute atomic E-state index is 12.5. The second-order valence-electron chi connectivity index (χ2n) is 6.57. The molecule has 0 saturated carbocycles. The highest BCUT2D eigenvalue weighted by atomic mass is 16.5. The molecule has 0 aliphatic heterocycles. The molecule has 1 heterocycles. The quantitative estimate of drug-likeness (QED) is 0.640. The lowest BCUT2D eigenvalue weighted by Gasteiger charge is -2.19. The number of anilines is 4. The molecule has 0 spiro atoms. The summed E-state index contributed by atoms with van der Waals surface area (Å²) in [5.74, 6) is 1.93. The van der Waals surface area contributed by atoms with Crippen LogP contribution in [-0.2, 0) is 6.42 Å². The first-order valence-electron chi connectivity index (χ1n) is 9.49. The Morgan fingerprint density at radius 3 is 2.43 bits per heavy atom. The number of nitrogens with one attached hydrogen (secondary N) is 2. The van der Waals surface area contributed by atoms with Crippen LogP contribution in [0.1, 0.15) is 35.8 Å². The van der Waals surface area contributed by atoms with Crippen molar-refractivity contribution >= 4 is 28.9 Å². The molecule has 0 saturated heterocycles. The van der Waals surface area contributed by atoms with Crippen LogP contribution >= 0.6 is 0 Å². The highest BCUT2D eigenvalue weighted by Crippen LogP contribution is 2.30. The van der Waals surface area contributed by atoms with Gasteiger partial charge in [-0.2, -0.15) is 4.98 Å². The highest BCUT2D eigenvalue weighted by Gasteiger charge is 2.24. The average Bonchev–Trinajstić information content (AvgIpc) is 2.70. The summed E-state index contributed by atoms with van der Waals surface area (Å²) in [6, 6.07) is 17.4. The average molecular weight is 374 g/mol. The molecule has 2 N–H and O–H groups in total. The minimum absolute atomic E-state index is 0.0901. The van der Waals surface area contributed by atoms with Gasteiger partial charge in [-0.25, -0.2) is 4.98 Å². The Balaban J connectivity index is 1.66. The summed E-state index contributed by atoms with van der Waals surface area (Å²) in [5, 5.41) is 6.52. The van der Waals surface area contributed by atoms with Crippen molar-refractivity contribution in [3.05, 3.63) is 65.9 Å². The van der Waals surface area contributed by atoms with Gasteiger partial charge in [-0.05, 0) is 56.2 Å². The number of ether oxygens (including phenoxy) is 1. The Kier molecular flexibility index (Phi) is 5.19. The first-order valence-corrected chi connectivity index (χ1v) is 9.49. The molecule has 142 valence electrons. The monoisotopic (exact) mass is 374 g/mol. The number of para-hydroxylation sites is 1. The Labute approximate surface area is 164 Å². The van der Waals surface area contributed by atoms with E-state index in [1.807, 2.05) is 61.5 Å². The summed E-state index contributed by atoms with van der Waals surface area (Å²) >= 11 is 0. The number of benzene rings is 2. The summed E-state index contributed by atoms with van der Waals surface area (Å²) in [6.45, 7) is 2.58. The molecule has 4 rings (SSSR count). The third-order valence-corrected chi connectivity index (χ3v) is 4.54. The molecule has 3 aromatic rings. The van der Waals surface area contributed by atoms with Gasteiger partial charge in [0.2, 0.25) is 5.95 Å². The van der Waals surface area contributed by atoms with E-state index in [2.05, 4.69) is 20.6 Å². The molecule has 28 heavy (non-hydrogen) atoms. The Hall–Kier alpha value is -3.41. The lowest BCUT2D eigenvalue weighted by atomic mass is 9.95. The van der Waals surface area contributed by atoms with Crippen molar-refractivity contribution in [1.82, 2.24) is 9.97 Å². The van der Waals surface area contributed by atoms with Crippen LogP contribution in [0.15, 0.2) is 54.6 Å². The van der Waals surface area contributed by atoms with E-state index in [-0.39, 0.29) is 5.78 Å². The molecule has 0 amide bonds. The lowest BCUT2D eigenvalue weighted by Crippen LogP contribution is -2.17. The number of carbonyl (C=O) groups excluding carboxylic acids is 1. The number of carbonyl (C=O) groups is 1. The van der Waals surface area contributed by atoms with Crippen molar-refractivity contribution in [3.8, 4) is 5.75 Å². The van der Waals surface area contributed by atoms with Gasteiger partial charge in [0.25, 0.3) is 0 Å². The lowest BCUT2D eigenvalue weighted by molar-refractivity contribution is 0.0972. The fourth-order valence-corrected chi connectivity index (χ4v) is 3.26. The summed E-state index contributed by atoms with van der Waals surface area (Å²) in [4.78, 5) is 21.7. The van der Waals surface area contributed by atoms with Gasteiger partial charge < -0.3 is 15.4 Å². The van der Waals surface area contributed by atoms with E-state index in [4.69, 9.17) is 4.74 Å². The van der Waals surface area contributed by atoms with Crippen LogP contribution < -0.4 is 15.4 Å². The normalized spacial score (nSPS) is 13.0. The van der Waals surface area contributed by atoms with Crippen LogP contribution in [0.4, 0.5) is 23.1 Å². The van der Waals surface area contributed by atoms with Crippen LogP contribution in [0.25, 0.3) is 0 Å². The van der Waals surface area contributed by atoms with Gasteiger partial charge in [0.15, 0.2) is 5.78 Å². The fourth-order valence-electron chi connectivity index (χ4n) is 3.26. The maximum atomic E-state index is 12.5. The Bertz CT molecular complexity index is 972. The van der Waals surface area contributed by atoms with Crippen LogP contribution in [-0.4, -0.2) is 22.4 Å². The van der Waals surface area contributed by atoms with Gasteiger partial charge >= 0.3 is 0 Å². The molecule has 1 aliphatic rings. The van der Waals surface area contributed by atoms with E-state index in [9.17, 15) is 4.79 Å². The first kappa shape index (κ1) is 18.0. The topological polar surface area (TPSA) is 76.1 Å². The van der Waals surface area contributed by atoms with Crippen molar-refractivity contribution < 1.29 is 9.53 Å². The number of nitrogens with zero attached hydrogens (tertiary/aromatic N) is 2. The van der Waals surface area contributed by atoms with E-state index < -0.39 is 0 Å². The second-order valence-corrected chi connectivity index (χ2v) is 6.57. The highest BCUT2D eigenvalue weighted by molar-refractivity contribution is 6.03. The number of aryl methyl sites for hydroxylation is 1. The van der Waals surface area contributed by atoms with E-state index in [0.29, 0.717) is 30.4 Å². The van der Waals surface area contributed by atoms with Crippen molar-refractivity contribution in [3.63, 3.8) is 0 Å². The summed E-state index contributed by atoms with van der Waals surface area (Å²) < 4.78 is 5.48. The number of hydrogen-bond donors (Lipinski definition) is 2. The van der Waals surface area contributed by atoms with E-state index >= 15 is 0 Å². The minimum atomic E-state index is 0.0901. The SMILES string of the molecule is CCOc1ccc(Nc2nc3c(c(Nc4ccccc4)n2)C(=O)CCC3)cc1. The molecular formula is C22H22N4O2. The predicted molar refractivity (Wildman–Crippen MR) is 110 cm³/mol. The molecule has 0 radical (unpaired) electrons. The molecule has 0 atom stereocenters. The van der Waals surface area contributed by atoms with E-state index in [1.54, 1.807) is 0 Å². The predicted octanol–water partition coefficient (Wildman–Crippen LogP) is 4.88. The van der Waals surface area contributed by atoms with Crippen LogP contribution in [0, 0.1) is 0 Å². The summed E-state index contributed by atoms with van der Waals surface area (Å²) in [7, 11) is 0. The zero-order valence-corrected chi connectivity index (χ0v) is 15.7. The van der Waals surface area contributed by atoms with Gasteiger partial charge in [0.05, 0.1) is 17.9 Å². The first-order chi connectivity index (χ1) is 13.7.